The third kappa shape index (κ3) is 4.26. The minimum Gasteiger partial charge on any atom is -0.382 e. The van der Waals surface area contributed by atoms with E-state index in [2.05, 4.69) is 5.32 Å². The average Bonchev–Trinajstić information content (AvgIpc) is 2.32. The maximum atomic E-state index is 13.6. The lowest BCUT2D eigenvalue weighted by Gasteiger charge is -2.20. The fraction of sp³-hybridized carbons (Fsp3) is 0.538. The molecule has 0 fully saturated rings. The van der Waals surface area contributed by atoms with Crippen LogP contribution in [-0.4, -0.2) is 26.3 Å². The fourth-order valence-corrected chi connectivity index (χ4v) is 2.01. The number of nitrogens with one attached hydrogen (secondary N) is 1. The number of likely N-dealkylation sites (N-methyl/N-ethyl adjacent to an activating group) is 1. The molecule has 1 N–H and O–H groups in total. The molecule has 2 unspecified atom stereocenters. The molecule has 0 aliphatic rings. The molecule has 2 nitrogen and oxygen atoms in total. The highest BCUT2D eigenvalue weighted by Gasteiger charge is 2.15. The molecule has 0 bridgehead atoms. The molecule has 1 rings (SSSR count). The maximum absolute atomic E-state index is 13.6. The maximum Gasteiger partial charge on any atom is 0.127 e. The number of rotatable bonds is 6. The van der Waals surface area contributed by atoms with Crippen molar-refractivity contribution in [2.24, 2.45) is 0 Å². The van der Waals surface area contributed by atoms with Gasteiger partial charge in [-0.2, -0.15) is 0 Å². The molecule has 0 radical (unpaired) electrons. The number of ether oxygens (including phenoxy) is 1. The normalized spacial score (nSPS) is 14.6. The Morgan fingerprint density at radius 1 is 1.47 bits per heavy atom. The van der Waals surface area contributed by atoms with E-state index in [-0.39, 0.29) is 18.0 Å². The monoisotopic (exact) mass is 259 g/mol. The van der Waals surface area contributed by atoms with Gasteiger partial charge in [0.15, 0.2) is 0 Å². The standard InChI is InChI=1S/C13H19ClFNO/c1-9(17-3)7-10(16-2)8-11-12(14)5-4-6-13(11)15/h4-6,9-10,16H,7-8H2,1-3H3. The molecule has 1 aromatic rings. The van der Waals surface area contributed by atoms with Gasteiger partial charge in [0.1, 0.15) is 5.82 Å². The minimum atomic E-state index is -0.247. The van der Waals surface area contributed by atoms with E-state index in [0.29, 0.717) is 17.0 Å². The van der Waals surface area contributed by atoms with Crippen molar-refractivity contribution in [2.45, 2.75) is 31.9 Å². The van der Waals surface area contributed by atoms with E-state index in [1.165, 1.54) is 6.07 Å². The molecule has 0 aliphatic heterocycles. The van der Waals surface area contributed by atoms with Crippen LogP contribution in [0.3, 0.4) is 0 Å². The summed E-state index contributed by atoms with van der Waals surface area (Å²) in [4.78, 5) is 0. The molecule has 4 heteroatoms. The van der Waals surface area contributed by atoms with E-state index >= 15 is 0 Å². The molecule has 0 aromatic heterocycles. The molecule has 0 heterocycles. The number of halogens is 2. The van der Waals surface area contributed by atoms with Crippen LogP contribution in [-0.2, 0) is 11.2 Å². The predicted molar refractivity (Wildman–Crippen MR) is 69.0 cm³/mol. The lowest BCUT2D eigenvalue weighted by Crippen LogP contribution is -2.32. The summed E-state index contributed by atoms with van der Waals surface area (Å²) < 4.78 is 18.8. The van der Waals surface area contributed by atoms with Crippen LogP contribution < -0.4 is 5.32 Å². The van der Waals surface area contributed by atoms with E-state index in [1.807, 2.05) is 14.0 Å². The number of methoxy groups -OCH3 is 1. The van der Waals surface area contributed by atoms with E-state index < -0.39 is 0 Å². The van der Waals surface area contributed by atoms with Crippen LogP contribution in [0.15, 0.2) is 18.2 Å². The summed E-state index contributed by atoms with van der Waals surface area (Å²) in [6.45, 7) is 1.99. The van der Waals surface area contributed by atoms with Crippen molar-refractivity contribution in [3.8, 4) is 0 Å². The largest absolute Gasteiger partial charge is 0.382 e. The topological polar surface area (TPSA) is 21.3 Å². The van der Waals surface area contributed by atoms with Crippen LogP contribution in [0.5, 0.6) is 0 Å². The third-order valence-corrected chi connectivity index (χ3v) is 3.29. The van der Waals surface area contributed by atoms with Gasteiger partial charge in [-0.05, 0) is 38.9 Å². The first-order valence-electron chi connectivity index (χ1n) is 5.71. The quantitative estimate of drug-likeness (QED) is 0.848. The SMILES string of the molecule is CNC(Cc1c(F)cccc1Cl)CC(C)OC. The van der Waals surface area contributed by atoms with Gasteiger partial charge in [-0.25, -0.2) is 4.39 Å². The van der Waals surface area contributed by atoms with Gasteiger partial charge in [0.05, 0.1) is 6.10 Å². The summed E-state index contributed by atoms with van der Waals surface area (Å²) in [7, 11) is 3.54. The highest BCUT2D eigenvalue weighted by molar-refractivity contribution is 6.31. The molecule has 17 heavy (non-hydrogen) atoms. The second-order valence-corrected chi connectivity index (χ2v) is 4.58. The molecule has 96 valence electrons. The predicted octanol–water partition coefficient (Wildman–Crippen LogP) is 3.03. The first kappa shape index (κ1) is 14.4. The zero-order chi connectivity index (χ0) is 12.8. The van der Waals surface area contributed by atoms with Crippen LogP contribution in [0.25, 0.3) is 0 Å². The van der Waals surface area contributed by atoms with E-state index in [4.69, 9.17) is 16.3 Å². The average molecular weight is 260 g/mol. The Morgan fingerprint density at radius 2 is 2.18 bits per heavy atom. The molecular formula is C13H19ClFNO. The van der Waals surface area contributed by atoms with Crippen LogP contribution in [0, 0.1) is 5.82 Å². The molecule has 2 atom stereocenters. The van der Waals surface area contributed by atoms with E-state index in [0.717, 1.165) is 6.42 Å². The number of benzene rings is 1. The van der Waals surface area contributed by atoms with Gasteiger partial charge in [-0.3, -0.25) is 0 Å². The Morgan fingerprint density at radius 3 is 2.71 bits per heavy atom. The molecule has 0 saturated heterocycles. The summed E-state index contributed by atoms with van der Waals surface area (Å²) in [6.07, 6.45) is 1.52. The molecule has 0 aliphatic carbocycles. The summed E-state index contributed by atoms with van der Waals surface area (Å²) in [5.41, 5.74) is 0.566. The fourth-order valence-electron chi connectivity index (χ4n) is 1.77. The first-order chi connectivity index (χ1) is 8.08. The summed E-state index contributed by atoms with van der Waals surface area (Å²) in [5, 5.41) is 3.65. The number of hydrogen-bond donors (Lipinski definition) is 1. The molecule has 0 saturated carbocycles. The van der Waals surface area contributed by atoms with E-state index in [9.17, 15) is 4.39 Å². The van der Waals surface area contributed by atoms with Gasteiger partial charge in [-0.1, -0.05) is 17.7 Å². The van der Waals surface area contributed by atoms with Crippen molar-refractivity contribution in [3.63, 3.8) is 0 Å². The highest BCUT2D eigenvalue weighted by Crippen LogP contribution is 2.21. The molecule has 1 aromatic carbocycles. The van der Waals surface area contributed by atoms with Crippen molar-refractivity contribution in [1.29, 1.82) is 0 Å². The van der Waals surface area contributed by atoms with Gasteiger partial charge in [-0.15, -0.1) is 0 Å². The minimum absolute atomic E-state index is 0.137. The van der Waals surface area contributed by atoms with Gasteiger partial charge < -0.3 is 10.1 Å². The third-order valence-electron chi connectivity index (χ3n) is 2.94. The highest BCUT2D eigenvalue weighted by atomic mass is 35.5. The Kier molecular flexibility index (Phi) is 5.89. The van der Waals surface area contributed by atoms with Gasteiger partial charge in [0, 0.05) is 23.7 Å². The van der Waals surface area contributed by atoms with Gasteiger partial charge in [0.25, 0.3) is 0 Å². The van der Waals surface area contributed by atoms with Crippen LogP contribution in [0.2, 0.25) is 5.02 Å². The Labute approximate surface area is 107 Å². The molecular weight excluding hydrogens is 241 g/mol. The van der Waals surface area contributed by atoms with Gasteiger partial charge >= 0.3 is 0 Å². The van der Waals surface area contributed by atoms with Crippen molar-refractivity contribution in [2.75, 3.05) is 14.2 Å². The van der Waals surface area contributed by atoms with Crippen LogP contribution in [0.1, 0.15) is 18.9 Å². The van der Waals surface area contributed by atoms with Crippen molar-refractivity contribution in [1.82, 2.24) is 5.32 Å². The van der Waals surface area contributed by atoms with Gasteiger partial charge in [0.2, 0.25) is 0 Å². The first-order valence-corrected chi connectivity index (χ1v) is 6.09. The van der Waals surface area contributed by atoms with E-state index in [1.54, 1.807) is 19.2 Å². The Balaban J connectivity index is 2.73. The lowest BCUT2D eigenvalue weighted by molar-refractivity contribution is 0.101. The zero-order valence-corrected chi connectivity index (χ0v) is 11.2. The molecule has 0 amide bonds. The number of hydrogen-bond acceptors (Lipinski definition) is 2. The zero-order valence-electron chi connectivity index (χ0n) is 10.5. The van der Waals surface area contributed by atoms with Crippen molar-refractivity contribution in [3.05, 3.63) is 34.6 Å². The van der Waals surface area contributed by atoms with Crippen molar-refractivity contribution >= 4 is 11.6 Å². The molecule has 0 spiro atoms. The summed E-state index contributed by atoms with van der Waals surface area (Å²) in [5.74, 6) is -0.247. The second-order valence-electron chi connectivity index (χ2n) is 4.17. The van der Waals surface area contributed by atoms with Crippen LogP contribution >= 0.6 is 11.6 Å². The summed E-state index contributed by atoms with van der Waals surface area (Å²) in [6, 6.07) is 4.92. The summed E-state index contributed by atoms with van der Waals surface area (Å²) >= 11 is 6.00. The Hall–Kier alpha value is -0.640. The lowest BCUT2D eigenvalue weighted by atomic mass is 10.0. The van der Waals surface area contributed by atoms with Crippen molar-refractivity contribution < 1.29 is 9.13 Å². The Bertz CT molecular complexity index is 339. The smallest absolute Gasteiger partial charge is 0.127 e. The van der Waals surface area contributed by atoms with Crippen LogP contribution in [0.4, 0.5) is 4.39 Å². The second kappa shape index (κ2) is 6.94.